The third-order valence-corrected chi connectivity index (χ3v) is 4.29. The minimum atomic E-state index is -0.852. The van der Waals surface area contributed by atoms with Gasteiger partial charge in [-0.1, -0.05) is 72.8 Å². The SMILES string of the molecule is CN(C/C=C/c1ccccc1)Cc1cccc2c1[C@H](O)[C@@H](O)C=C2. The van der Waals surface area contributed by atoms with Crippen molar-refractivity contribution in [3.05, 3.63) is 82.9 Å². The molecule has 2 atom stereocenters. The van der Waals surface area contributed by atoms with Crippen LogP contribution >= 0.6 is 0 Å². The van der Waals surface area contributed by atoms with E-state index in [0.717, 1.165) is 29.8 Å². The first-order chi connectivity index (χ1) is 11.6. The lowest BCUT2D eigenvalue weighted by Crippen LogP contribution is -2.24. The molecule has 0 unspecified atom stereocenters. The number of aliphatic hydroxyl groups is 2. The van der Waals surface area contributed by atoms with Crippen LogP contribution in [0.25, 0.3) is 12.2 Å². The summed E-state index contributed by atoms with van der Waals surface area (Å²) in [7, 11) is 2.05. The monoisotopic (exact) mass is 321 g/mol. The largest absolute Gasteiger partial charge is 0.386 e. The Balaban J connectivity index is 1.68. The van der Waals surface area contributed by atoms with E-state index in [1.807, 2.05) is 42.5 Å². The van der Waals surface area contributed by atoms with Gasteiger partial charge in [0.05, 0.1) is 0 Å². The van der Waals surface area contributed by atoms with Crippen LogP contribution in [0, 0.1) is 0 Å². The normalized spacial score (nSPS) is 19.8. The number of rotatable bonds is 5. The quantitative estimate of drug-likeness (QED) is 0.888. The van der Waals surface area contributed by atoms with E-state index in [4.69, 9.17) is 0 Å². The molecule has 1 aliphatic rings. The Morgan fingerprint density at radius 1 is 1.04 bits per heavy atom. The number of fused-ring (bicyclic) bond motifs is 1. The standard InChI is InChI=1S/C21H23NO2/c1-22(14-6-9-16-7-3-2-4-8-16)15-18-11-5-10-17-12-13-19(23)21(24)20(17)18/h2-13,19,21,23-24H,14-15H2,1H3/b9-6+/t19-,21+/m0/s1. The van der Waals surface area contributed by atoms with Gasteiger partial charge < -0.3 is 10.2 Å². The van der Waals surface area contributed by atoms with E-state index in [-0.39, 0.29) is 0 Å². The molecule has 0 bridgehead atoms. The third kappa shape index (κ3) is 3.82. The molecule has 2 aromatic rings. The zero-order valence-corrected chi connectivity index (χ0v) is 13.8. The lowest BCUT2D eigenvalue weighted by atomic mass is 9.89. The van der Waals surface area contributed by atoms with Crippen LogP contribution in [0.5, 0.6) is 0 Å². The molecule has 0 saturated heterocycles. The molecular formula is C21H23NO2. The molecular weight excluding hydrogens is 298 g/mol. The second-order valence-corrected chi connectivity index (χ2v) is 6.22. The third-order valence-electron chi connectivity index (χ3n) is 4.29. The molecule has 1 aliphatic carbocycles. The summed E-state index contributed by atoms with van der Waals surface area (Å²) in [5.74, 6) is 0. The zero-order chi connectivity index (χ0) is 16.9. The fourth-order valence-electron chi connectivity index (χ4n) is 3.04. The molecule has 0 spiro atoms. The molecule has 3 nitrogen and oxygen atoms in total. The van der Waals surface area contributed by atoms with Gasteiger partial charge in [0.2, 0.25) is 0 Å². The van der Waals surface area contributed by atoms with E-state index in [1.54, 1.807) is 6.08 Å². The second kappa shape index (κ2) is 7.58. The topological polar surface area (TPSA) is 43.7 Å². The van der Waals surface area contributed by atoms with Crippen molar-refractivity contribution < 1.29 is 10.2 Å². The minimum Gasteiger partial charge on any atom is -0.386 e. The average Bonchev–Trinajstić information content (AvgIpc) is 2.59. The van der Waals surface area contributed by atoms with E-state index in [0.29, 0.717) is 0 Å². The molecule has 0 radical (unpaired) electrons. The molecule has 2 aromatic carbocycles. The highest BCUT2D eigenvalue weighted by atomic mass is 16.3. The van der Waals surface area contributed by atoms with Crippen molar-refractivity contribution in [1.29, 1.82) is 0 Å². The maximum Gasteiger partial charge on any atom is 0.109 e. The zero-order valence-electron chi connectivity index (χ0n) is 13.8. The van der Waals surface area contributed by atoms with Gasteiger partial charge in [-0.2, -0.15) is 0 Å². The average molecular weight is 321 g/mol. The smallest absolute Gasteiger partial charge is 0.109 e. The van der Waals surface area contributed by atoms with Crippen molar-refractivity contribution in [2.24, 2.45) is 0 Å². The van der Waals surface area contributed by atoms with Gasteiger partial charge in [-0.15, -0.1) is 0 Å². The molecule has 24 heavy (non-hydrogen) atoms. The maximum atomic E-state index is 10.3. The Morgan fingerprint density at radius 3 is 2.62 bits per heavy atom. The molecule has 0 saturated carbocycles. The highest BCUT2D eigenvalue weighted by Gasteiger charge is 2.25. The number of hydrogen-bond donors (Lipinski definition) is 2. The van der Waals surface area contributed by atoms with Crippen molar-refractivity contribution >= 4 is 12.2 Å². The first kappa shape index (κ1) is 16.7. The molecule has 3 rings (SSSR count). The second-order valence-electron chi connectivity index (χ2n) is 6.22. The lowest BCUT2D eigenvalue weighted by molar-refractivity contribution is 0.0460. The van der Waals surface area contributed by atoms with Crippen LogP contribution in [0.15, 0.2) is 60.7 Å². The lowest BCUT2D eigenvalue weighted by Gasteiger charge is -2.26. The summed E-state index contributed by atoms with van der Waals surface area (Å²) in [6.07, 6.45) is 6.08. The highest BCUT2D eigenvalue weighted by molar-refractivity contribution is 5.60. The van der Waals surface area contributed by atoms with E-state index < -0.39 is 12.2 Å². The van der Waals surface area contributed by atoms with Crippen molar-refractivity contribution in [2.75, 3.05) is 13.6 Å². The fraction of sp³-hybridized carbons (Fsp3) is 0.238. The summed E-state index contributed by atoms with van der Waals surface area (Å²) in [5, 5.41) is 20.2. The summed E-state index contributed by atoms with van der Waals surface area (Å²) in [6.45, 7) is 1.53. The Morgan fingerprint density at radius 2 is 1.83 bits per heavy atom. The maximum absolute atomic E-state index is 10.3. The van der Waals surface area contributed by atoms with Crippen LogP contribution < -0.4 is 0 Å². The number of hydrogen-bond acceptors (Lipinski definition) is 3. The summed E-state index contributed by atoms with van der Waals surface area (Å²) in [4.78, 5) is 2.19. The first-order valence-electron chi connectivity index (χ1n) is 8.21. The molecule has 0 aromatic heterocycles. The van der Waals surface area contributed by atoms with Crippen molar-refractivity contribution in [2.45, 2.75) is 18.8 Å². The van der Waals surface area contributed by atoms with Gasteiger partial charge >= 0.3 is 0 Å². The van der Waals surface area contributed by atoms with Crippen LogP contribution in [0.2, 0.25) is 0 Å². The number of likely N-dealkylation sites (N-methyl/N-ethyl adjacent to an activating group) is 1. The Kier molecular flexibility index (Phi) is 5.26. The fourth-order valence-corrected chi connectivity index (χ4v) is 3.04. The Bertz CT molecular complexity index is 737. The summed E-state index contributed by atoms with van der Waals surface area (Å²) in [5.41, 5.74) is 4.07. The van der Waals surface area contributed by atoms with Crippen LogP contribution in [0.1, 0.15) is 28.4 Å². The minimum absolute atomic E-state index is 0.722. The number of benzene rings is 2. The molecule has 2 N–H and O–H groups in total. The first-order valence-corrected chi connectivity index (χ1v) is 8.21. The number of aliphatic hydroxyl groups excluding tert-OH is 2. The van der Waals surface area contributed by atoms with Crippen LogP contribution in [-0.4, -0.2) is 34.8 Å². The van der Waals surface area contributed by atoms with Crippen LogP contribution in [0.4, 0.5) is 0 Å². The molecule has 3 heteroatoms. The van der Waals surface area contributed by atoms with Crippen LogP contribution in [0.3, 0.4) is 0 Å². The van der Waals surface area contributed by atoms with Crippen LogP contribution in [-0.2, 0) is 6.54 Å². The Hall–Kier alpha value is -2.20. The van der Waals surface area contributed by atoms with Gasteiger partial charge in [-0.05, 0) is 29.3 Å². The van der Waals surface area contributed by atoms with Gasteiger partial charge in [0.25, 0.3) is 0 Å². The van der Waals surface area contributed by atoms with E-state index in [1.165, 1.54) is 5.56 Å². The van der Waals surface area contributed by atoms with Gasteiger partial charge in [0.15, 0.2) is 0 Å². The molecule has 0 amide bonds. The van der Waals surface area contributed by atoms with Crippen molar-refractivity contribution in [3.63, 3.8) is 0 Å². The van der Waals surface area contributed by atoms with E-state index >= 15 is 0 Å². The predicted octanol–water partition coefficient (Wildman–Crippen LogP) is 3.25. The molecule has 0 heterocycles. The van der Waals surface area contributed by atoms with Gasteiger partial charge in [0, 0.05) is 13.1 Å². The van der Waals surface area contributed by atoms with E-state index in [2.05, 4.69) is 36.2 Å². The van der Waals surface area contributed by atoms with Gasteiger partial charge in [-0.25, -0.2) is 0 Å². The molecule has 0 fully saturated rings. The van der Waals surface area contributed by atoms with Gasteiger partial charge in [0.1, 0.15) is 12.2 Å². The molecule has 124 valence electrons. The summed E-state index contributed by atoms with van der Waals surface area (Å²) < 4.78 is 0. The van der Waals surface area contributed by atoms with Crippen molar-refractivity contribution in [1.82, 2.24) is 4.90 Å². The summed E-state index contributed by atoms with van der Waals surface area (Å²) >= 11 is 0. The van der Waals surface area contributed by atoms with Crippen molar-refractivity contribution in [3.8, 4) is 0 Å². The summed E-state index contributed by atoms with van der Waals surface area (Å²) in [6, 6.07) is 16.2. The molecule has 0 aliphatic heterocycles. The van der Waals surface area contributed by atoms with E-state index in [9.17, 15) is 10.2 Å². The number of nitrogens with zero attached hydrogens (tertiary/aromatic N) is 1. The predicted molar refractivity (Wildman–Crippen MR) is 98.3 cm³/mol. The Labute approximate surface area is 143 Å². The van der Waals surface area contributed by atoms with Gasteiger partial charge in [-0.3, -0.25) is 4.90 Å². The highest BCUT2D eigenvalue weighted by Crippen LogP contribution is 2.31.